The Kier molecular flexibility index (Phi) is 7.20. The molecule has 0 radical (unpaired) electrons. The van der Waals surface area contributed by atoms with Gasteiger partial charge in [0.25, 0.3) is 0 Å². The van der Waals surface area contributed by atoms with Crippen molar-refractivity contribution < 1.29 is 4.79 Å². The number of carbonyl (C=O) groups excluding carboxylic acids is 1. The molecule has 2 N–H and O–H groups in total. The average molecular weight is 201 g/mol. The predicted molar refractivity (Wildman–Crippen MR) is 59.5 cm³/mol. The molecule has 4 nitrogen and oxygen atoms in total. The smallest absolute Gasteiger partial charge is 0.317 e. The van der Waals surface area contributed by atoms with Gasteiger partial charge in [-0.15, -0.1) is 0 Å². The Hall–Kier alpha value is -0.770. The molecule has 0 rings (SSSR count). The molecule has 14 heavy (non-hydrogen) atoms. The minimum atomic E-state index is 0.0283. The number of hydrogen-bond acceptors (Lipinski definition) is 2. The topological polar surface area (TPSA) is 44.4 Å². The summed E-state index contributed by atoms with van der Waals surface area (Å²) in [5, 5.41) is 6.11. The molecule has 0 heterocycles. The standard InChI is InChI=1S/C10H23N3O/c1-5-13(6-2)10(14)12-8-7-11-9(3)4/h9,11H,5-8H2,1-4H3,(H,12,14). The van der Waals surface area contributed by atoms with Gasteiger partial charge in [0.05, 0.1) is 0 Å². The van der Waals surface area contributed by atoms with E-state index in [2.05, 4.69) is 24.5 Å². The summed E-state index contributed by atoms with van der Waals surface area (Å²) in [5.74, 6) is 0. The van der Waals surface area contributed by atoms with Crippen LogP contribution >= 0.6 is 0 Å². The molecule has 2 amide bonds. The molecule has 0 atom stereocenters. The fraction of sp³-hybridized carbons (Fsp3) is 0.900. The van der Waals surface area contributed by atoms with Crippen molar-refractivity contribution in [1.82, 2.24) is 15.5 Å². The average Bonchev–Trinajstić information content (AvgIpc) is 2.14. The number of amides is 2. The number of rotatable bonds is 6. The lowest BCUT2D eigenvalue weighted by atomic mass is 10.4. The lowest BCUT2D eigenvalue weighted by molar-refractivity contribution is 0.203. The van der Waals surface area contributed by atoms with E-state index in [4.69, 9.17) is 0 Å². The lowest BCUT2D eigenvalue weighted by Crippen LogP contribution is -2.42. The first kappa shape index (κ1) is 13.2. The van der Waals surface area contributed by atoms with Gasteiger partial charge in [0.15, 0.2) is 0 Å². The van der Waals surface area contributed by atoms with Crippen LogP contribution < -0.4 is 10.6 Å². The van der Waals surface area contributed by atoms with Crippen LogP contribution in [0.3, 0.4) is 0 Å². The molecule has 0 bridgehead atoms. The zero-order valence-electron chi connectivity index (χ0n) is 9.76. The van der Waals surface area contributed by atoms with Crippen molar-refractivity contribution in [3.63, 3.8) is 0 Å². The molecular weight excluding hydrogens is 178 g/mol. The van der Waals surface area contributed by atoms with E-state index < -0.39 is 0 Å². The highest BCUT2D eigenvalue weighted by Crippen LogP contribution is 1.86. The highest BCUT2D eigenvalue weighted by Gasteiger charge is 2.06. The third-order valence-electron chi connectivity index (χ3n) is 2.00. The van der Waals surface area contributed by atoms with Crippen LogP contribution in [-0.4, -0.2) is 43.2 Å². The number of nitrogens with zero attached hydrogens (tertiary/aromatic N) is 1. The van der Waals surface area contributed by atoms with Crippen LogP contribution in [-0.2, 0) is 0 Å². The summed E-state index contributed by atoms with van der Waals surface area (Å²) in [6.07, 6.45) is 0. The van der Waals surface area contributed by atoms with Gasteiger partial charge in [-0.3, -0.25) is 0 Å². The van der Waals surface area contributed by atoms with Gasteiger partial charge in [0.2, 0.25) is 0 Å². The molecule has 0 aliphatic carbocycles. The van der Waals surface area contributed by atoms with Crippen LogP contribution in [0.15, 0.2) is 0 Å². The molecule has 84 valence electrons. The zero-order chi connectivity index (χ0) is 11.0. The zero-order valence-corrected chi connectivity index (χ0v) is 9.76. The van der Waals surface area contributed by atoms with E-state index in [1.807, 2.05) is 13.8 Å². The number of hydrogen-bond donors (Lipinski definition) is 2. The van der Waals surface area contributed by atoms with E-state index in [-0.39, 0.29) is 6.03 Å². The van der Waals surface area contributed by atoms with Gasteiger partial charge in [0.1, 0.15) is 0 Å². The number of nitrogens with one attached hydrogen (secondary N) is 2. The molecule has 0 aromatic rings. The van der Waals surface area contributed by atoms with Crippen molar-refractivity contribution >= 4 is 6.03 Å². The predicted octanol–water partition coefficient (Wildman–Crippen LogP) is 1.04. The normalized spacial score (nSPS) is 10.4. The number of urea groups is 1. The summed E-state index contributed by atoms with van der Waals surface area (Å²) in [6.45, 7) is 11.2. The van der Waals surface area contributed by atoms with E-state index in [0.717, 1.165) is 19.6 Å². The van der Waals surface area contributed by atoms with Gasteiger partial charge in [-0.1, -0.05) is 13.8 Å². The molecule has 0 aromatic carbocycles. The van der Waals surface area contributed by atoms with Gasteiger partial charge >= 0.3 is 6.03 Å². The maximum absolute atomic E-state index is 11.4. The van der Waals surface area contributed by atoms with Crippen LogP contribution in [0.1, 0.15) is 27.7 Å². The molecule has 0 saturated heterocycles. The maximum atomic E-state index is 11.4. The second kappa shape index (κ2) is 7.62. The van der Waals surface area contributed by atoms with E-state index >= 15 is 0 Å². The van der Waals surface area contributed by atoms with Gasteiger partial charge in [-0.05, 0) is 13.8 Å². The second-order valence-corrected chi connectivity index (χ2v) is 3.51. The SMILES string of the molecule is CCN(CC)C(=O)NCCNC(C)C. The summed E-state index contributed by atoms with van der Waals surface area (Å²) < 4.78 is 0. The fourth-order valence-corrected chi connectivity index (χ4v) is 1.15. The van der Waals surface area contributed by atoms with Crippen molar-refractivity contribution in [1.29, 1.82) is 0 Å². The Morgan fingerprint density at radius 1 is 1.21 bits per heavy atom. The van der Waals surface area contributed by atoms with Crippen LogP contribution in [0.25, 0.3) is 0 Å². The van der Waals surface area contributed by atoms with Gasteiger partial charge in [-0.25, -0.2) is 4.79 Å². The minimum Gasteiger partial charge on any atom is -0.337 e. The Morgan fingerprint density at radius 3 is 2.21 bits per heavy atom. The van der Waals surface area contributed by atoms with Crippen LogP contribution in [0.4, 0.5) is 4.79 Å². The highest BCUT2D eigenvalue weighted by molar-refractivity contribution is 5.73. The van der Waals surface area contributed by atoms with Crippen LogP contribution in [0.2, 0.25) is 0 Å². The first-order valence-electron chi connectivity index (χ1n) is 5.37. The first-order chi connectivity index (χ1) is 6.61. The molecule has 0 aromatic heterocycles. The summed E-state index contributed by atoms with van der Waals surface area (Å²) in [4.78, 5) is 13.2. The molecule has 0 spiro atoms. The molecule has 0 aliphatic rings. The quantitative estimate of drug-likeness (QED) is 0.631. The summed E-state index contributed by atoms with van der Waals surface area (Å²) in [5.41, 5.74) is 0. The second-order valence-electron chi connectivity index (χ2n) is 3.51. The molecule has 4 heteroatoms. The summed E-state index contributed by atoms with van der Waals surface area (Å²) >= 11 is 0. The summed E-state index contributed by atoms with van der Waals surface area (Å²) in [7, 11) is 0. The number of carbonyl (C=O) groups is 1. The largest absolute Gasteiger partial charge is 0.337 e. The molecular formula is C10H23N3O. The molecule has 0 saturated carbocycles. The highest BCUT2D eigenvalue weighted by atomic mass is 16.2. The Bertz CT molecular complexity index is 155. The van der Waals surface area contributed by atoms with E-state index in [1.165, 1.54) is 0 Å². The Balaban J connectivity index is 3.52. The van der Waals surface area contributed by atoms with Crippen molar-refractivity contribution in [2.75, 3.05) is 26.2 Å². The maximum Gasteiger partial charge on any atom is 0.317 e. The van der Waals surface area contributed by atoms with Crippen LogP contribution in [0.5, 0.6) is 0 Å². The fourth-order valence-electron chi connectivity index (χ4n) is 1.15. The monoisotopic (exact) mass is 201 g/mol. The molecule has 0 unspecified atom stereocenters. The van der Waals surface area contributed by atoms with Gasteiger partial charge in [-0.2, -0.15) is 0 Å². The van der Waals surface area contributed by atoms with Crippen molar-refractivity contribution in [2.24, 2.45) is 0 Å². The van der Waals surface area contributed by atoms with Crippen molar-refractivity contribution in [3.8, 4) is 0 Å². The first-order valence-corrected chi connectivity index (χ1v) is 5.37. The summed E-state index contributed by atoms with van der Waals surface area (Å²) in [6, 6.07) is 0.501. The van der Waals surface area contributed by atoms with E-state index in [1.54, 1.807) is 4.90 Å². The minimum absolute atomic E-state index is 0.0283. The Morgan fingerprint density at radius 2 is 1.79 bits per heavy atom. The van der Waals surface area contributed by atoms with Crippen molar-refractivity contribution in [2.45, 2.75) is 33.7 Å². The van der Waals surface area contributed by atoms with E-state index in [9.17, 15) is 4.79 Å². The van der Waals surface area contributed by atoms with Crippen LogP contribution in [0, 0.1) is 0 Å². The third-order valence-corrected chi connectivity index (χ3v) is 2.00. The van der Waals surface area contributed by atoms with E-state index in [0.29, 0.717) is 12.6 Å². The van der Waals surface area contributed by atoms with Gasteiger partial charge < -0.3 is 15.5 Å². The molecule has 0 fully saturated rings. The third kappa shape index (κ3) is 5.80. The Labute approximate surface area is 87.0 Å². The van der Waals surface area contributed by atoms with Gasteiger partial charge in [0, 0.05) is 32.2 Å². The molecule has 0 aliphatic heterocycles. The van der Waals surface area contributed by atoms with Crippen molar-refractivity contribution in [3.05, 3.63) is 0 Å². The lowest BCUT2D eigenvalue weighted by Gasteiger charge is -2.19.